The first-order chi connectivity index (χ1) is 10.0. The van der Waals surface area contributed by atoms with E-state index in [-0.39, 0.29) is 15.9 Å². The van der Waals surface area contributed by atoms with Crippen molar-refractivity contribution in [3.63, 3.8) is 0 Å². The van der Waals surface area contributed by atoms with Crippen molar-refractivity contribution in [2.45, 2.75) is 19.4 Å². The summed E-state index contributed by atoms with van der Waals surface area (Å²) < 4.78 is 41.7. The smallest absolute Gasteiger partial charge is 0.145 e. The SMILES string of the molecule is CCCNC(c1ccc(F)cc1)c1c(F)ccc(Br)c1F. The molecule has 1 N–H and O–H groups in total. The fourth-order valence-electron chi connectivity index (χ4n) is 2.14. The van der Waals surface area contributed by atoms with Crippen LogP contribution in [0.15, 0.2) is 40.9 Å². The topological polar surface area (TPSA) is 12.0 Å². The Morgan fingerprint density at radius 3 is 2.33 bits per heavy atom. The van der Waals surface area contributed by atoms with Crippen molar-refractivity contribution in [1.29, 1.82) is 0 Å². The molecule has 0 radical (unpaired) electrons. The van der Waals surface area contributed by atoms with E-state index in [1.54, 1.807) is 0 Å². The molecule has 2 aromatic rings. The van der Waals surface area contributed by atoms with Crippen molar-refractivity contribution in [2.24, 2.45) is 0 Å². The van der Waals surface area contributed by atoms with Gasteiger partial charge in [0.25, 0.3) is 0 Å². The minimum absolute atomic E-state index is 0.0653. The van der Waals surface area contributed by atoms with Crippen LogP contribution >= 0.6 is 15.9 Å². The molecule has 0 fully saturated rings. The number of hydrogen-bond donors (Lipinski definition) is 1. The molecule has 0 aromatic heterocycles. The second-order valence-corrected chi connectivity index (χ2v) is 5.55. The Labute approximate surface area is 130 Å². The number of halogens is 4. The molecule has 0 saturated carbocycles. The van der Waals surface area contributed by atoms with Crippen molar-refractivity contribution in [3.8, 4) is 0 Å². The van der Waals surface area contributed by atoms with Crippen LogP contribution in [0.5, 0.6) is 0 Å². The lowest BCUT2D eigenvalue weighted by Gasteiger charge is -2.21. The van der Waals surface area contributed by atoms with Gasteiger partial charge < -0.3 is 5.32 Å². The third-order valence-electron chi connectivity index (χ3n) is 3.17. The molecule has 0 spiro atoms. The Morgan fingerprint density at radius 1 is 1.05 bits per heavy atom. The molecule has 0 aliphatic carbocycles. The first kappa shape index (κ1) is 16.0. The number of rotatable bonds is 5. The van der Waals surface area contributed by atoms with Gasteiger partial charge in [-0.1, -0.05) is 19.1 Å². The monoisotopic (exact) mass is 357 g/mol. The summed E-state index contributed by atoms with van der Waals surface area (Å²) in [4.78, 5) is 0. The highest BCUT2D eigenvalue weighted by atomic mass is 79.9. The van der Waals surface area contributed by atoms with Crippen LogP contribution in [0.1, 0.15) is 30.5 Å². The molecule has 21 heavy (non-hydrogen) atoms. The van der Waals surface area contributed by atoms with Crippen LogP contribution in [-0.2, 0) is 0 Å². The van der Waals surface area contributed by atoms with Crippen LogP contribution < -0.4 is 5.32 Å². The van der Waals surface area contributed by atoms with Gasteiger partial charge in [0, 0.05) is 5.56 Å². The number of benzene rings is 2. The molecular formula is C16H15BrF3N. The van der Waals surface area contributed by atoms with Crippen LogP contribution in [-0.4, -0.2) is 6.54 Å². The van der Waals surface area contributed by atoms with Gasteiger partial charge in [-0.25, -0.2) is 13.2 Å². The first-order valence-electron chi connectivity index (χ1n) is 6.66. The molecule has 1 nitrogen and oxygen atoms in total. The van der Waals surface area contributed by atoms with Gasteiger partial charge in [0.1, 0.15) is 17.5 Å². The fraction of sp³-hybridized carbons (Fsp3) is 0.250. The van der Waals surface area contributed by atoms with E-state index in [9.17, 15) is 13.2 Å². The quantitative estimate of drug-likeness (QED) is 0.746. The number of hydrogen-bond acceptors (Lipinski definition) is 1. The third kappa shape index (κ3) is 3.66. The van der Waals surface area contributed by atoms with Gasteiger partial charge in [0.05, 0.1) is 10.5 Å². The van der Waals surface area contributed by atoms with E-state index in [0.29, 0.717) is 12.1 Å². The van der Waals surface area contributed by atoms with Crippen molar-refractivity contribution in [3.05, 3.63) is 69.4 Å². The molecule has 0 aliphatic heterocycles. The highest BCUT2D eigenvalue weighted by Crippen LogP contribution is 2.31. The Balaban J connectivity index is 2.50. The summed E-state index contributed by atoms with van der Waals surface area (Å²) in [6, 6.07) is 7.50. The Hall–Kier alpha value is -1.33. The highest BCUT2D eigenvalue weighted by molar-refractivity contribution is 9.10. The Bertz CT molecular complexity index is 614. The molecule has 0 aliphatic rings. The summed E-state index contributed by atoms with van der Waals surface area (Å²) in [5, 5.41) is 3.11. The predicted octanol–water partition coefficient (Wildman–Crippen LogP) is 4.96. The Morgan fingerprint density at radius 2 is 1.71 bits per heavy atom. The molecule has 0 bridgehead atoms. The van der Waals surface area contributed by atoms with Gasteiger partial charge in [-0.3, -0.25) is 0 Å². The maximum atomic E-state index is 14.3. The van der Waals surface area contributed by atoms with Gasteiger partial charge in [0.2, 0.25) is 0 Å². The molecule has 5 heteroatoms. The van der Waals surface area contributed by atoms with Crippen LogP contribution in [0.2, 0.25) is 0 Å². The Kier molecular flexibility index (Phi) is 5.42. The minimum Gasteiger partial charge on any atom is -0.306 e. The van der Waals surface area contributed by atoms with Crippen LogP contribution in [0.25, 0.3) is 0 Å². The summed E-state index contributed by atoms with van der Waals surface area (Å²) in [5.74, 6) is -1.66. The maximum Gasteiger partial charge on any atom is 0.145 e. The second kappa shape index (κ2) is 7.09. The lowest BCUT2D eigenvalue weighted by molar-refractivity contribution is 0.499. The van der Waals surface area contributed by atoms with Crippen LogP contribution in [0.3, 0.4) is 0 Å². The zero-order chi connectivity index (χ0) is 15.4. The average molecular weight is 358 g/mol. The lowest BCUT2D eigenvalue weighted by atomic mass is 9.97. The standard InChI is InChI=1S/C16H15BrF3N/c1-2-9-21-16(10-3-5-11(18)6-4-10)14-13(19)8-7-12(17)15(14)20/h3-8,16,21H,2,9H2,1H3. The van der Waals surface area contributed by atoms with Crippen LogP contribution in [0, 0.1) is 17.5 Å². The maximum absolute atomic E-state index is 14.3. The molecule has 2 rings (SSSR count). The molecule has 0 heterocycles. The highest BCUT2D eigenvalue weighted by Gasteiger charge is 2.23. The molecule has 112 valence electrons. The zero-order valence-electron chi connectivity index (χ0n) is 11.5. The van der Waals surface area contributed by atoms with E-state index in [1.807, 2.05) is 6.92 Å². The van der Waals surface area contributed by atoms with E-state index in [1.165, 1.54) is 36.4 Å². The summed E-state index contributed by atoms with van der Waals surface area (Å²) in [5.41, 5.74) is 0.546. The molecule has 1 atom stereocenters. The van der Waals surface area contributed by atoms with Gasteiger partial charge in [-0.05, 0) is 58.7 Å². The minimum atomic E-state index is -0.664. The molecule has 0 amide bonds. The number of nitrogens with one attached hydrogen (secondary N) is 1. The van der Waals surface area contributed by atoms with E-state index < -0.39 is 17.7 Å². The van der Waals surface area contributed by atoms with Crippen molar-refractivity contribution in [2.75, 3.05) is 6.54 Å². The third-order valence-corrected chi connectivity index (χ3v) is 3.78. The largest absolute Gasteiger partial charge is 0.306 e. The summed E-state index contributed by atoms with van der Waals surface area (Å²) >= 11 is 3.07. The van der Waals surface area contributed by atoms with E-state index in [2.05, 4.69) is 21.2 Å². The van der Waals surface area contributed by atoms with Gasteiger partial charge in [-0.15, -0.1) is 0 Å². The molecule has 2 aromatic carbocycles. The van der Waals surface area contributed by atoms with E-state index in [0.717, 1.165) is 6.42 Å². The average Bonchev–Trinajstić information content (AvgIpc) is 2.48. The van der Waals surface area contributed by atoms with Gasteiger partial charge in [-0.2, -0.15) is 0 Å². The summed E-state index contributed by atoms with van der Waals surface area (Å²) in [6.07, 6.45) is 0.814. The van der Waals surface area contributed by atoms with E-state index in [4.69, 9.17) is 0 Å². The molecule has 1 unspecified atom stereocenters. The lowest BCUT2D eigenvalue weighted by Crippen LogP contribution is -2.25. The normalized spacial score (nSPS) is 12.4. The zero-order valence-corrected chi connectivity index (χ0v) is 13.1. The molecule has 0 saturated heterocycles. The van der Waals surface area contributed by atoms with Crippen LogP contribution in [0.4, 0.5) is 13.2 Å². The predicted molar refractivity (Wildman–Crippen MR) is 80.6 cm³/mol. The van der Waals surface area contributed by atoms with Crippen molar-refractivity contribution < 1.29 is 13.2 Å². The second-order valence-electron chi connectivity index (χ2n) is 4.70. The fourth-order valence-corrected chi connectivity index (χ4v) is 2.48. The molecular weight excluding hydrogens is 343 g/mol. The van der Waals surface area contributed by atoms with Crippen molar-refractivity contribution in [1.82, 2.24) is 5.32 Å². The van der Waals surface area contributed by atoms with Gasteiger partial charge in [0.15, 0.2) is 0 Å². The van der Waals surface area contributed by atoms with E-state index >= 15 is 0 Å². The summed E-state index contributed by atoms with van der Waals surface area (Å²) in [7, 11) is 0. The van der Waals surface area contributed by atoms with Gasteiger partial charge >= 0.3 is 0 Å². The van der Waals surface area contributed by atoms with Crippen molar-refractivity contribution >= 4 is 15.9 Å². The first-order valence-corrected chi connectivity index (χ1v) is 7.46. The summed E-state index contributed by atoms with van der Waals surface area (Å²) in [6.45, 7) is 2.55.